The number of alkyl halides is 1. The second-order valence-corrected chi connectivity index (χ2v) is 3.70. The van der Waals surface area contributed by atoms with Crippen LogP contribution in [0.3, 0.4) is 0 Å². The number of hydrogen-bond acceptors (Lipinski definition) is 1. The lowest BCUT2D eigenvalue weighted by atomic mass is 9.91. The van der Waals surface area contributed by atoms with Crippen LogP contribution in [0.25, 0.3) is 0 Å². The Kier molecular flexibility index (Phi) is 3.31. The number of hydrogen-bond donors (Lipinski definition) is 1. The summed E-state index contributed by atoms with van der Waals surface area (Å²) in [7, 11) is 0. The highest BCUT2D eigenvalue weighted by atomic mass is 19.1. The molecule has 0 heterocycles. The van der Waals surface area contributed by atoms with Crippen LogP contribution in [0.2, 0.25) is 0 Å². The summed E-state index contributed by atoms with van der Waals surface area (Å²) in [5.41, 5.74) is 5.58. The summed E-state index contributed by atoms with van der Waals surface area (Å²) < 4.78 is 12.6. The van der Waals surface area contributed by atoms with Crippen LogP contribution in [0, 0.1) is 11.8 Å². The van der Waals surface area contributed by atoms with Gasteiger partial charge in [0.25, 0.3) is 0 Å². The Morgan fingerprint density at radius 1 is 1.45 bits per heavy atom. The molecule has 0 amide bonds. The summed E-state index contributed by atoms with van der Waals surface area (Å²) in [5.74, 6) is 1.17. The van der Waals surface area contributed by atoms with E-state index >= 15 is 0 Å². The summed E-state index contributed by atoms with van der Waals surface area (Å²) in [6.07, 6.45) is 3.73. The van der Waals surface area contributed by atoms with Crippen molar-refractivity contribution in [2.75, 3.05) is 6.54 Å². The van der Waals surface area contributed by atoms with Gasteiger partial charge in [0.15, 0.2) is 0 Å². The average molecular weight is 159 g/mol. The average Bonchev–Trinajstić information content (AvgIpc) is 2.34. The third-order valence-electron chi connectivity index (χ3n) is 2.75. The Morgan fingerprint density at radius 2 is 2.09 bits per heavy atom. The zero-order valence-corrected chi connectivity index (χ0v) is 7.22. The van der Waals surface area contributed by atoms with Gasteiger partial charge in [0.2, 0.25) is 0 Å². The minimum Gasteiger partial charge on any atom is -0.330 e. The van der Waals surface area contributed by atoms with Crippen molar-refractivity contribution in [3.63, 3.8) is 0 Å². The van der Waals surface area contributed by atoms with Gasteiger partial charge in [-0.1, -0.05) is 12.8 Å². The molecule has 1 aliphatic rings. The van der Waals surface area contributed by atoms with Gasteiger partial charge in [-0.05, 0) is 38.1 Å². The van der Waals surface area contributed by atoms with E-state index in [-0.39, 0.29) is 0 Å². The van der Waals surface area contributed by atoms with E-state index in [4.69, 9.17) is 5.73 Å². The fourth-order valence-electron chi connectivity index (χ4n) is 2.15. The van der Waals surface area contributed by atoms with E-state index in [2.05, 4.69) is 0 Å². The standard InChI is InChI=1S/C9H18FN/c1-7(10)5-8-3-2-4-9(8)6-11/h7-9H,2-6,11H2,1H3. The van der Waals surface area contributed by atoms with Crippen molar-refractivity contribution in [2.24, 2.45) is 17.6 Å². The number of nitrogens with two attached hydrogens (primary N) is 1. The van der Waals surface area contributed by atoms with Gasteiger partial charge >= 0.3 is 0 Å². The molecule has 0 aliphatic heterocycles. The maximum absolute atomic E-state index is 12.6. The Bertz CT molecular complexity index is 114. The summed E-state index contributed by atoms with van der Waals surface area (Å²) in [6.45, 7) is 2.39. The minimum atomic E-state index is -0.646. The fraction of sp³-hybridized carbons (Fsp3) is 1.00. The minimum absolute atomic E-state index is 0.569. The van der Waals surface area contributed by atoms with Gasteiger partial charge in [-0.15, -0.1) is 0 Å². The van der Waals surface area contributed by atoms with Gasteiger partial charge in [0.1, 0.15) is 0 Å². The molecule has 3 atom stereocenters. The van der Waals surface area contributed by atoms with E-state index in [1.54, 1.807) is 6.92 Å². The van der Waals surface area contributed by atoms with Gasteiger partial charge in [0, 0.05) is 0 Å². The van der Waals surface area contributed by atoms with E-state index in [0.29, 0.717) is 11.8 Å². The van der Waals surface area contributed by atoms with Gasteiger partial charge < -0.3 is 5.73 Å². The first kappa shape index (κ1) is 8.98. The first-order valence-corrected chi connectivity index (χ1v) is 4.58. The molecule has 0 aromatic heterocycles. The van der Waals surface area contributed by atoms with Gasteiger partial charge in [-0.2, -0.15) is 0 Å². The first-order chi connectivity index (χ1) is 5.24. The summed E-state index contributed by atoms with van der Waals surface area (Å²) in [6, 6.07) is 0. The van der Waals surface area contributed by atoms with Crippen LogP contribution in [0.15, 0.2) is 0 Å². The summed E-state index contributed by atoms with van der Waals surface area (Å²) in [4.78, 5) is 0. The molecule has 0 radical (unpaired) electrons. The molecule has 1 aliphatic carbocycles. The predicted molar refractivity (Wildman–Crippen MR) is 45.1 cm³/mol. The van der Waals surface area contributed by atoms with Gasteiger partial charge in [0.05, 0.1) is 6.17 Å². The Hall–Kier alpha value is -0.110. The van der Waals surface area contributed by atoms with E-state index < -0.39 is 6.17 Å². The van der Waals surface area contributed by atoms with Crippen LogP contribution in [0.4, 0.5) is 4.39 Å². The SMILES string of the molecule is CC(F)CC1CCCC1CN. The fourth-order valence-corrected chi connectivity index (χ4v) is 2.15. The van der Waals surface area contributed by atoms with Crippen molar-refractivity contribution < 1.29 is 4.39 Å². The van der Waals surface area contributed by atoms with Crippen LogP contribution >= 0.6 is 0 Å². The van der Waals surface area contributed by atoms with Gasteiger partial charge in [-0.25, -0.2) is 4.39 Å². The van der Waals surface area contributed by atoms with Crippen molar-refractivity contribution in [1.29, 1.82) is 0 Å². The Balaban J connectivity index is 2.31. The number of rotatable bonds is 3. The molecule has 2 heteroatoms. The topological polar surface area (TPSA) is 26.0 Å². The molecule has 0 saturated heterocycles. The quantitative estimate of drug-likeness (QED) is 0.670. The van der Waals surface area contributed by atoms with Crippen molar-refractivity contribution in [2.45, 2.75) is 38.8 Å². The monoisotopic (exact) mass is 159 g/mol. The van der Waals surface area contributed by atoms with E-state index in [0.717, 1.165) is 13.0 Å². The highest BCUT2D eigenvalue weighted by Crippen LogP contribution is 2.34. The molecule has 0 aromatic rings. The molecule has 2 N–H and O–H groups in total. The highest BCUT2D eigenvalue weighted by Gasteiger charge is 2.26. The predicted octanol–water partition coefficient (Wildman–Crippen LogP) is 2.11. The third-order valence-corrected chi connectivity index (χ3v) is 2.75. The zero-order chi connectivity index (χ0) is 8.27. The second kappa shape index (κ2) is 4.05. The molecule has 0 aromatic carbocycles. The normalized spacial score (nSPS) is 34.1. The van der Waals surface area contributed by atoms with E-state index in [1.807, 2.05) is 0 Å². The maximum atomic E-state index is 12.6. The first-order valence-electron chi connectivity index (χ1n) is 4.58. The highest BCUT2D eigenvalue weighted by molar-refractivity contribution is 4.79. The van der Waals surface area contributed by atoms with Crippen LogP contribution in [-0.2, 0) is 0 Å². The smallest absolute Gasteiger partial charge is 0.0976 e. The van der Waals surface area contributed by atoms with Crippen LogP contribution in [0.5, 0.6) is 0 Å². The Morgan fingerprint density at radius 3 is 2.64 bits per heavy atom. The molecule has 1 saturated carbocycles. The molecule has 1 rings (SSSR count). The zero-order valence-electron chi connectivity index (χ0n) is 7.22. The van der Waals surface area contributed by atoms with E-state index in [1.165, 1.54) is 19.3 Å². The summed E-state index contributed by atoms with van der Waals surface area (Å²) >= 11 is 0. The summed E-state index contributed by atoms with van der Waals surface area (Å²) in [5, 5.41) is 0. The molecule has 11 heavy (non-hydrogen) atoms. The lowest BCUT2D eigenvalue weighted by molar-refractivity contribution is 0.255. The second-order valence-electron chi connectivity index (χ2n) is 3.70. The third kappa shape index (κ3) is 2.44. The molecule has 1 fully saturated rings. The molecule has 0 spiro atoms. The van der Waals surface area contributed by atoms with Gasteiger partial charge in [-0.3, -0.25) is 0 Å². The Labute approximate surface area is 68.2 Å². The van der Waals surface area contributed by atoms with Crippen molar-refractivity contribution >= 4 is 0 Å². The number of halogens is 1. The lowest BCUT2D eigenvalue weighted by Crippen LogP contribution is -2.20. The van der Waals surface area contributed by atoms with Crippen molar-refractivity contribution in [3.8, 4) is 0 Å². The molecular weight excluding hydrogens is 141 g/mol. The molecule has 0 bridgehead atoms. The molecule has 1 nitrogen and oxygen atoms in total. The molecule has 66 valence electrons. The van der Waals surface area contributed by atoms with Crippen LogP contribution < -0.4 is 5.73 Å². The maximum Gasteiger partial charge on any atom is 0.0976 e. The van der Waals surface area contributed by atoms with Crippen molar-refractivity contribution in [3.05, 3.63) is 0 Å². The van der Waals surface area contributed by atoms with Crippen molar-refractivity contribution in [1.82, 2.24) is 0 Å². The molecule has 3 unspecified atom stereocenters. The molecular formula is C9H18FN. The van der Waals surface area contributed by atoms with Crippen LogP contribution in [-0.4, -0.2) is 12.7 Å². The largest absolute Gasteiger partial charge is 0.330 e. The van der Waals surface area contributed by atoms with E-state index in [9.17, 15) is 4.39 Å². The lowest BCUT2D eigenvalue weighted by Gasteiger charge is -2.17. The van der Waals surface area contributed by atoms with Crippen LogP contribution in [0.1, 0.15) is 32.6 Å².